The number of carboxylic acids is 1. The van der Waals surface area contributed by atoms with Crippen molar-refractivity contribution >= 4 is 12.0 Å². The molecule has 3 rings (SSSR count). The SMILES string of the molecule is C/C=C/c1cc(OC)c2c(c1)C(C)C(c1cc(CN(C)CC(=O)O)c(O)c(OC)c1)O2. The summed E-state index contributed by atoms with van der Waals surface area (Å²) < 4.78 is 17.3. The van der Waals surface area contributed by atoms with Crippen LogP contribution in [0.15, 0.2) is 30.3 Å². The number of likely N-dealkylation sites (N-methyl/N-ethyl adjacent to an activating group) is 1. The third-order valence-corrected chi connectivity index (χ3v) is 5.44. The van der Waals surface area contributed by atoms with Crippen LogP contribution in [0.2, 0.25) is 0 Å². The summed E-state index contributed by atoms with van der Waals surface area (Å²) in [5.74, 6) is 0.811. The van der Waals surface area contributed by atoms with Crippen molar-refractivity contribution in [1.29, 1.82) is 0 Å². The van der Waals surface area contributed by atoms with Crippen LogP contribution >= 0.6 is 0 Å². The highest BCUT2D eigenvalue weighted by Gasteiger charge is 2.36. The summed E-state index contributed by atoms with van der Waals surface area (Å²) in [4.78, 5) is 12.6. The molecule has 0 amide bonds. The summed E-state index contributed by atoms with van der Waals surface area (Å²) in [6, 6.07) is 7.66. The minimum atomic E-state index is -0.933. The molecule has 7 nitrogen and oxygen atoms in total. The number of aliphatic carboxylic acids is 1. The number of ether oxygens (including phenoxy) is 3. The Labute approximate surface area is 182 Å². The molecule has 1 heterocycles. The van der Waals surface area contributed by atoms with Crippen molar-refractivity contribution in [3.05, 3.63) is 52.6 Å². The molecule has 0 saturated heterocycles. The van der Waals surface area contributed by atoms with Crippen molar-refractivity contribution in [2.45, 2.75) is 32.4 Å². The molecular formula is C24H29NO6. The Balaban J connectivity index is 2.00. The zero-order valence-electron chi connectivity index (χ0n) is 18.5. The van der Waals surface area contributed by atoms with E-state index in [9.17, 15) is 9.90 Å². The van der Waals surface area contributed by atoms with Crippen LogP contribution in [0.3, 0.4) is 0 Å². The lowest BCUT2D eigenvalue weighted by atomic mass is 9.90. The van der Waals surface area contributed by atoms with Gasteiger partial charge in [-0.05, 0) is 49.4 Å². The molecule has 1 aliphatic rings. The summed E-state index contributed by atoms with van der Waals surface area (Å²) in [5, 5.41) is 19.6. The molecule has 2 aromatic carbocycles. The summed E-state index contributed by atoms with van der Waals surface area (Å²) in [6.07, 6.45) is 3.69. The molecule has 166 valence electrons. The molecule has 2 unspecified atom stereocenters. The standard InChI is InChI=1S/C24H29NO6/c1-6-7-15-8-18-14(2)23(31-24(18)20(9-15)30-5)16-10-17(12-25(3)13-21(26)27)22(28)19(11-16)29-4/h6-11,14,23,28H,12-13H2,1-5H3,(H,26,27)/b7-6+. The van der Waals surface area contributed by atoms with Crippen molar-refractivity contribution < 1.29 is 29.2 Å². The Hall–Kier alpha value is -3.19. The van der Waals surface area contributed by atoms with Gasteiger partial charge in [0.05, 0.1) is 20.8 Å². The molecule has 0 aromatic heterocycles. The Bertz CT molecular complexity index is 1000. The fourth-order valence-electron chi connectivity index (χ4n) is 4.01. The number of hydrogen-bond donors (Lipinski definition) is 2. The number of methoxy groups -OCH3 is 2. The van der Waals surface area contributed by atoms with Crippen molar-refractivity contribution in [3.8, 4) is 23.0 Å². The van der Waals surface area contributed by atoms with E-state index in [1.165, 1.54) is 7.11 Å². The number of fused-ring (bicyclic) bond motifs is 1. The van der Waals surface area contributed by atoms with E-state index in [1.807, 2.05) is 31.2 Å². The molecule has 0 saturated carbocycles. The molecule has 31 heavy (non-hydrogen) atoms. The van der Waals surface area contributed by atoms with Crippen LogP contribution in [0.5, 0.6) is 23.0 Å². The van der Waals surface area contributed by atoms with Crippen LogP contribution in [-0.2, 0) is 11.3 Å². The van der Waals surface area contributed by atoms with Gasteiger partial charge in [0.25, 0.3) is 0 Å². The fourth-order valence-corrected chi connectivity index (χ4v) is 4.01. The summed E-state index contributed by atoms with van der Waals surface area (Å²) >= 11 is 0. The first-order chi connectivity index (χ1) is 14.8. The number of hydrogen-bond acceptors (Lipinski definition) is 6. The van der Waals surface area contributed by atoms with Crippen LogP contribution in [0, 0.1) is 0 Å². The van der Waals surface area contributed by atoms with E-state index in [-0.39, 0.29) is 30.9 Å². The summed E-state index contributed by atoms with van der Waals surface area (Å²) in [7, 11) is 4.80. The van der Waals surface area contributed by atoms with E-state index in [2.05, 4.69) is 13.0 Å². The van der Waals surface area contributed by atoms with Crippen molar-refractivity contribution in [2.24, 2.45) is 0 Å². The van der Waals surface area contributed by atoms with E-state index < -0.39 is 5.97 Å². The number of rotatable bonds is 8. The van der Waals surface area contributed by atoms with Gasteiger partial charge in [-0.25, -0.2) is 0 Å². The second-order valence-corrected chi connectivity index (χ2v) is 7.77. The highest BCUT2D eigenvalue weighted by Crippen LogP contribution is 2.51. The maximum atomic E-state index is 11.0. The van der Waals surface area contributed by atoms with Crippen LogP contribution < -0.4 is 14.2 Å². The van der Waals surface area contributed by atoms with Gasteiger partial charge in [-0.2, -0.15) is 0 Å². The van der Waals surface area contributed by atoms with Crippen molar-refractivity contribution in [1.82, 2.24) is 4.90 Å². The predicted octanol–water partition coefficient (Wildman–Crippen LogP) is 4.20. The van der Waals surface area contributed by atoms with Crippen LogP contribution in [-0.4, -0.2) is 48.9 Å². The first-order valence-corrected chi connectivity index (χ1v) is 10.1. The number of benzene rings is 2. The Kier molecular flexibility index (Phi) is 6.75. The van der Waals surface area contributed by atoms with Gasteiger partial charge >= 0.3 is 5.97 Å². The maximum absolute atomic E-state index is 11.0. The molecule has 1 aliphatic heterocycles. The first-order valence-electron chi connectivity index (χ1n) is 10.1. The number of aromatic hydroxyl groups is 1. The second-order valence-electron chi connectivity index (χ2n) is 7.77. The van der Waals surface area contributed by atoms with Gasteiger partial charge in [-0.3, -0.25) is 9.69 Å². The number of phenolic OH excluding ortho intramolecular Hbond substituents is 1. The Morgan fingerprint density at radius 3 is 2.52 bits per heavy atom. The largest absolute Gasteiger partial charge is 0.504 e. The van der Waals surface area contributed by atoms with Gasteiger partial charge in [0.15, 0.2) is 23.0 Å². The van der Waals surface area contributed by atoms with Gasteiger partial charge in [0.2, 0.25) is 0 Å². The minimum absolute atomic E-state index is 0.000368. The zero-order valence-corrected chi connectivity index (χ0v) is 18.5. The van der Waals surface area contributed by atoms with E-state index in [0.29, 0.717) is 22.8 Å². The molecule has 0 radical (unpaired) electrons. The minimum Gasteiger partial charge on any atom is -0.504 e. The zero-order chi connectivity index (χ0) is 22.7. The number of allylic oxidation sites excluding steroid dienone is 1. The number of carbonyl (C=O) groups is 1. The maximum Gasteiger partial charge on any atom is 0.317 e. The van der Waals surface area contributed by atoms with Crippen molar-refractivity contribution in [2.75, 3.05) is 27.8 Å². The average Bonchev–Trinajstić information content (AvgIpc) is 3.05. The number of carboxylic acid groups (broad SMARTS) is 1. The molecule has 0 aliphatic carbocycles. The van der Waals surface area contributed by atoms with Gasteiger partial charge in [0.1, 0.15) is 6.10 Å². The summed E-state index contributed by atoms with van der Waals surface area (Å²) in [5.41, 5.74) is 3.50. The first kappa shape index (κ1) is 22.5. The van der Waals surface area contributed by atoms with Crippen molar-refractivity contribution in [3.63, 3.8) is 0 Å². The third kappa shape index (κ3) is 4.61. The van der Waals surface area contributed by atoms with Crippen LogP contribution in [0.1, 0.15) is 48.1 Å². The average molecular weight is 427 g/mol. The lowest BCUT2D eigenvalue weighted by Crippen LogP contribution is -2.25. The lowest BCUT2D eigenvalue weighted by Gasteiger charge is -2.21. The monoisotopic (exact) mass is 427 g/mol. The highest BCUT2D eigenvalue weighted by molar-refractivity contribution is 5.69. The predicted molar refractivity (Wildman–Crippen MR) is 118 cm³/mol. The van der Waals surface area contributed by atoms with E-state index in [0.717, 1.165) is 16.7 Å². The van der Waals surface area contributed by atoms with Crippen LogP contribution in [0.25, 0.3) is 6.08 Å². The molecular weight excluding hydrogens is 398 g/mol. The second kappa shape index (κ2) is 9.31. The van der Waals surface area contributed by atoms with E-state index in [4.69, 9.17) is 19.3 Å². The topological polar surface area (TPSA) is 88.5 Å². The summed E-state index contributed by atoms with van der Waals surface area (Å²) in [6.45, 7) is 4.17. The quantitative estimate of drug-likeness (QED) is 0.653. The molecule has 2 aromatic rings. The molecule has 0 bridgehead atoms. The Morgan fingerprint density at radius 1 is 1.19 bits per heavy atom. The Morgan fingerprint density at radius 2 is 1.90 bits per heavy atom. The molecule has 7 heteroatoms. The van der Waals surface area contributed by atoms with Crippen LogP contribution in [0.4, 0.5) is 0 Å². The van der Waals surface area contributed by atoms with Gasteiger partial charge in [0, 0.05) is 23.6 Å². The number of phenols is 1. The lowest BCUT2D eigenvalue weighted by molar-refractivity contribution is -0.138. The van der Waals surface area contributed by atoms with E-state index in [1.54, 1.807) is 25.1 Å². The number of nitrogens with zero attached hydrogens (tertiary/aromatic N) is 1. The smallest absolute Gasteiger partial charge is 0.317 e. The molecule has 0 fully saturated rings. The fraction of sp³-hybridized carbons (Fsp3) is 0.375. The van der Waals surface area contributed by atoms with Gasteiger partial charge in [-0.1, -0.05) is 19.1 Å². The van der Waals surface area contributed by atoms with Gasteiger partial charge < -0.3 is 24.4 Å². The highest BCUT2D eigenvalue weighted by atomic mass is 16.5. The molecule has 0 spiro atoms. The third-order valence-electron chi connectivity index (χ3n) is 5.44. The molecule has 2 N–H and O–H groups in total. The molecule has 2 atom stereocenters. The normalized spacial score (nSPS) is 17.6. The van der Waals surface area contributed by atoms with E-state index >= 15 is 0 Å². The van der Waals surface area contributed by atoms with Gasteiger partial charge in [-0.15, -0.1) is 0 Å².